The second kappa shape index (κ2) is 4.74. The SMILES string of the molecule is O=C(O)/C=C/c1nnc(-c2c(F)cccc2F)o1. The Morgan fingerprint density at radius 3 is 2.56 bits per heavy atom. The van der Waals surface area contributed by atoms with Crippen LogP contribution in [0.25, 0.3) is 17.5 Å². The first-order valence-electron chi connectivity index (χ1n) is 4.77. The molecule has 1 aromatic carbocycles. The van der Waals surface area contributed by atoms with Crippen LogP contribution in [0.4, 0.5) is 8.78 Å². The molecule has 0 aliphatic carbocycles. The van der Waals surface area contributed by atoms with Crippen LogP contribution in [0.15, 0.2) is 28.7 Å². The van der Waals surface area contributed by atoms with Gasteiger partial charge >= 0.3 is 5.97 Å². The Balaban J connectivity index is 2.38. The Bertz CT molecular complexity index is 602. The highest BCUT2D eigenvalue weighted by atomic mass is 19.1. The number of halogens is 2. The van der Waals surface area contributed by atoms with Gasteiger partial charge in [-0.15, -0.1) is 10.2 Å². The lowest BCUT2D eigenvalue weighted by Gasteiger charge is -1.97. The lowest BCUT2D eigenvalue weighted by atomic mass is 10.2. The minimum atomic E-state index is -1.20. The van der Waals surface area contributed by atoms with E-state index in [0.29, 0.717) is 0 Å². The molecule has 1 heterocycles. The Hall–Kier alpha value is -2.57. The molecule has 0 atom stereocenters. The van der Waals surface area contributed by atoms with Crippen LogP contribution in [0.5, 0.6) is 0 Å². The average molecular weight is 252 g/mol. The lowest BCUT2D eigenvalue weighted by molar-refractivity contribution is -0.131. The number of carbonyl (C=O) groups is 1. The quantitative estimate of drug-likeness (QED) is 0.846. The lowest BCUT2D eigenvalue weighted by Crippen LogP contribution is -1.89. The van der Waals surface area contributed by atoms with E-state index in [-0.39, 0.29) is 11.8 Å². The second-order valence-electron chi connectivity index (χ2n) is 3.21. The first-order chi connectivity index (χ1) is 8.58. The third-order valence-electron chi connectivity index (χ3n) is 1.99. The fourth-order valence-corrected chi connectivity index (χ4v) is 1.25. The van der Waals surface area contributed by atoms with Gasteiger partial charge in [0, 0.05) is 12.2 Å². The summed E-state index contributed by atoms with van der Waals surface area (Å²) in [4.78, 5) is 10.3. The number of benzene rings is 1. The summed E-state index contributed by atoms with van der Waals surface area (Å²) in [5.41, 5.74) is -0.444. The van der Waals surface area contributed by atoms with Gasteiger partial charge in [0.1, 0.15) is 17.2 Å². The largest absolute Gasteiger partial charge is 0.478 e. The van der Waals surface area contributed by atoms with Gasteiger partial charge < -0.3 is 9.52 Å². The van der Waals surface area contributed by atoms with E-state index >= 15 is 0 Å². The van der Waals surface area contributed by atoms with E-state index in [1.807, 2.05) is 0 Å². The first-order valence-corrected chi connectivity index (χ1v) is 4.77. The number of hydrogen-bond donors (Lipinski definition) is 1. The molecule has 0 bridgehead atoms. The van der Waals surface area contributed by atoms with E-state index < -0.39 is 23.2 Å². The molecular formula is C11H6F2N2O3. The molecule has 0 aliphatic rings. The molecule has 7 heteroatoms. The van der Waals surface area contributed by atoms with Gasteiger partial charge in [-0.1, -0.05) is 6.07 Å². The van der Waals surface area contributed by atoms with Crippen LogP contribution >= 0.6 is 0 Å². The van der Waals surface area contributed by atoms with E-state index in [2.05, 4.69) is 10.2 Å². The molecule has 2 aromatic rings. The first kappa shape index (κ1) is 11.9. The minimum absolute atomic E-state index is 0.157. The summed E-state index contributed by atoms with van der Waals surface area (Å²) in [6.07, 6.45) is 1.80. The molecule has 0 saturated heterocycles. The highest BCUT2D eigenvalue weighted by Crippen LogP contribution is 2.24. The predicted molar refractivity (Wildman–Crippen MR) is 56.3 cm³/mol. The zero-order valence-corrected chi connectivity index (χ0v) is 8.80. The van der Waals surface area contributed by atoms with Crippen LogP contribution in [-0.4, -0.2) is 21.3 Å². The molecule has 0 amide bonds. The van der Waals surface area contributed by atoms with E-state index in [9.17, 15) is 13.6 Å². The van der Waals surface area contributed by atoms with Crippen LogP contribution in [0.1, 0.15) is 5.89 Å². The number of carboxylic acid groups (broad SMARTS) is 1. The second-order valence-corrected chi connectivity index (χ2v) is 3.21. The Kier molecular flexibility index (Phi) is 3.13. The summed E-state index contributed by atoms with van der Waals surface area (Å²) in [6.45, 7) is 0. The van der Waals surface area contributed by atoms with Crippen LogP contribution in [0.3, 0.4) is 0 Å². The van der Waals surface area contributed by atoms with Crippen molar-refractivity contribution in [2.45, 2.75) is 0 Å². The molecule has 0 saturated carbocycles. The summed E-state index contributed by atoms with van der Waals surface area (Å²) < 4.78 is 31.7. The van der Waals surface area contributed by atoms with E-state index in [1.165, 1.54) is 6.07 Å². The Morgan fingerprint density at radius 2 is 1.94 bits per heavy atom. The monoisotopic (exact) mass is 252 g/mol. The molecule has 0 unspecified atom stereocenters. The topological polar surface area (TPSA) is 76.2 Å². The molecule has 1 N–H and O–H groups in total. The van der Waals surface area contributed by atoms with Crippen molar-refractivity contribution in [3.63, 3.8) is 0 Å². The van der Waals surface area contributed by atoms with Gasteiger partial charge in [-0.05, 0) is 12.1 Å². The number of rotatable bonds is 3. The summed E-state index contributed by atoms with van der Waals surface area (Å²) >= 11 is 0. The van der Waals surface area contributed by atoms with E-state index in [0.717, 1.165) is 24.3 Å². The van der Waals surface area contributed by atoms with Gasteiger partial charge in [0.15, 0.2) is 0 Å². The maximum atomic E-state index is 13.4. The molecule has 0 spiro atoms. The van der Waals surface area contributed by atoms with Gasteiger partial charge in [0.25, 0.3) is 5.89 Å². The van der Waals surface area contributed by atoms with Crippen LogP contribution in [0, 0.1) is 11.6 Å². The van der Waals surface area contributed by atoms with Crippen LogP contribution in [-0.2, 0) is 4.79 Å². The molecule has 92 valence electrons. The standard InChI is InChI=1S/C11H6F2N2O3/c12-6-2-1-3-7(13)10(6)11-15-14-8(18-11)4-5-9(16)17/h1-5H,(H,16,17)/b5-4+. The highest BCUT2D eigenvalue weighted by Gasteiger charge is 2.16. The van der Waals surface area contributed by atoms with Crippen molar-refractivity contribution in [1.82, 2.24) is 10.2 Å². The molecule has 18 heavy (non-hydrogen) atoms. The van der Waals surface area contributed by atoms with Crippen molar-refractivity contribution in [1.29, 1.82) is 0 Å². The smallest absolute Gasteiger partial charge is 0.328 e. The molecule has 0 aliphatic heterocycles. The number of hydrogen-bond acceptors (Lipinski definition) is 4. The van der Waals surface area contributed by atoms with Crippen molar-refractivity contribution in [2.75, 3.05) is 0 Å². The zero-order valence-electron chi connectivity index (χ0n) is 8.80. The molecule has 0 fully saturated rings. The summed E-state index contributed by atoms with van der Waals surface area (Å²) in [7, 11) is 0. The summed E-state index contributed by atoms with van der Waals surface area (Å²) in [5, 5.41) is 15.3. The van der Waals surface area contributed by atoms with Crippen molar-refractivity contribution >= 4 is 12.0 Å². The van der Waals surface area contributed by atoms with Gasteiger partial charge in [0.05, 0.1) is 0 Å². The zero-order chi connectivity index (χ0) is 13.1. The van der Waals surface area contributed by atoms with E-state index in [4.69, 9.17) is 9.52 Å². The summed E-state index contributed by atoms with van der Waals surface area (Å²) in [6, 6.07) is 3.31. The van der Waals surface area contributed by atoms with Crippen molar-refractivity contribution < 1.29 is 23.1 Å². The van der Waals surface area contributed by atoms with Crippen molar-refractivity contribution in [2.24, 2.45) is 0 Å². The number of aromatic nitrogens is 2. The maximum Gasteiger partial charge on any atom is 0.328 e. The predicted octanol–water partition coefficient (Wildman–Crippen LogP) is 2.11. The summed E-state index contributed by atoms with van der Waals surface area (Å²) in [5.74, 6) is -3.39. The Morgan fingerprint density at radius 1 is 1.28 bits per heavy atom. The number of carboxylic acids is 1. The third-order valence-corrected chi connectivity index (χ3v) is 1.99. The minimum Gasteiger partial charge on any atom is -0.478 e. The van der Waals surface area contributed by atoms with Crippen LogP contribution in [0.2, 0.25) is 0 Å². The number of nitrogens with zero attached hydrogens (tertiary/aromatic N) is 2. The molecule has 5 nitrogen and oxygen atoms in total. The van der Waals surface area contributed by atoms with Gasteiger partial charge in [0.2, 0.25) is 5.89 Å². The highest BCUT2D eigenvalue weighted by molar-refractivity contribution is 5.84. The van der Waals surface area contributed by atoms with E-state index in [1.54, 1.807) is 0 Å². The molecule has 0 radical (unpaired) electrons. The van der Waals surface area contributed by atoms with Gasteiger partial charge in [-0.2, -0.15) is 0 Å². The fraction of sp³-hybridized carbons (Fsp3) is 0. The fourth-order valence-electron chi connectivity index (χ4n) is 1.25. The van der Waals surface area contributed by atoms with Gasteiger partial charge in [-0.3, -0.25) is 0 Å². The van der Waals surface area contributed by atoms with Crippen LogP contribution < -0.4 is 0 Å². The third kappa shape index (κ3) is 2.40. The van der Waals surface area contributed by atoms with Crippen molar-refractivity contribution in [3.05, 3.63) is 41.8 Å². The maximum absolute atomic E-state index is 13.4. The molecule has 1 aromatic heterocycles. The molecular weight excluding hydrogens is 246 g/mol. The normalized spacial score (nSPS) is 11.0. The van der Waals surface area contributed by atoms with Gasteiger partial charge in [-0.25, -0.2) is 13.6 Å². The van der Waals surface area contributed by atoms with Crippen molar-refractivity contribution in [3.8, 4) is 11.5 Å². The number of aliphatic carboxylic acids is 1. The average Bonchev–Trinajstić information content (AvgIpc) is 2.75. The molecule has 2 rings (SSSR count). The Labute approximate surface area is 99.4 Å².